The average molecular weight is 243 g/mol. The first kappa shape index (κ1) is 14.9. The van der Waals surface area contributed by atoms with Gasteiger partial charge in [0.05, 0.1) is 11.7 Å². The second-order valence-electron chi connectivity index (χ2n) is 5.32. The van der Waals surface area contributed by atoms with Gasteiger partial charge in [-0.15, -0.1) is 0 Å². The van der Waals surface area contributed by atoms with Crippen molar-refractivity contribution in [3.63, 3.8) is 0 Å². The average Bonchev–Trinajstić information content (AvgIpc) is 2.37. The molecule has 3 heteroatoms. The first-order chi connectivity index (χ1) is 8.06. The quantitative estimate of drug-likeness (QED) is 0.778. The van der Waals surface area contributed by atoms with Crippen molar-refractivity contribution >= 4 is 0 Å². The molecular formula is C14H29NO2. The van der Waals surface area contributed by atoms with E-state index in [9.17, 15) is 0 Å². The maximum Gasteiger partial charge on any atom is 0.0693 e. The number of hydrogen-bond acceptors (Lipinski definition) is 3. The summed E-state index contributed by atoms with van der Waals surface area (Å²) in [6.45, 7) is 9.65. The molecule has 3 atom stereocenters. The highest BCUT2D eigenvalue weighted by atomic mass is 16.5. The highest BCUT2D eigenvalue weighted by molar-refractivity contribution is 4.89. The van der Waals surface area contributed by atoms with Crippen LogP contribution in [-0.2, 0) is 9.47 Å². The van der Waals surface area contributed by atoms with Crippen molar-refractivity contribution in [1.82, 2.24) is 5.32 Å². The van der Waals surface area contributed by atoms with Crippen molar-refractivity contribution in [2.45, 2.75) is 77.2 Å². The van der Waals surface area contributed by atoms with Crippen LogP contribution in [-0.4, -0.2) is 37.5 Å². The first-order valence-corrected chi connectivity index (χ1v) is 6.99. The van der Waals surface area contributed by atoms with Crippen LogP contribution in [0, 0.1) is 0 Å². The van der Waals surface area contributed by atoms with Gasteiger partial charge in [-0.25, -0.2) is 0 Å². The van der Waals surface area contributed by atoms with Gasteiger partial charge in [-0.3, -0.25) is 0 Å². The summed E-state index contributed by atoms with van der Waals surface area (Å²) in [5.41, 5.74) is 0.103. The van der Waals surface area contributed by atoms with Crippen LogP contribution >= 0.6 is 0 Å². The van der Waals surface area contributed by atoms with Crippen LogP contribution in [0.2, 0.25) is 0 Å². The molecule has 1 aliphatic rings. The van der Waals surface area contributed by atoms with Crippen molar-refractivity contribution < 1.29 is 9.47 Å². The Morgan fingerprint density at radius 1 is 1.35 bits per heavy atom. The Kier molecular flexibility index (Phi) is 5.90. The van der Waals surface area contributed by atoms with E-state index in [-0.39, 0.29) is 11.7 Å². The molecule has 17 heavy (non-hydrogen) atoms. The van der Waals surface area contributed by atoms with E-state index in [0.717, 1.165) is 32.3 Å². The molecule has 1 heterocycles. The standard InChI is InChI=1S/C14H29NO2/c1-6-14(7-2)10-13(8-9-17-14)15-11(3)12(4)16-5/h11-13,15H,6-10H2,1-5H3. The Morgan fingerprint density at radius 2 is 2.00 bits per heavy atom. The number of methoxy groups -OCH3 is 1. The Balaban J connectivity index is 2.49. The maximum absolute atomic E-state index is 5.99. The van der Waals surface area contributed by atoms with Crippen LogP contribution in [0.3, 0.4) is 0 Å². The van der Waals surface area contributed by atoms with Gasteiger partial charge in [-0.05, 0) is 39.5 Å². The highest BCUT2D eigenvalue weighted by Crippen LogP contribution is 2.31. The third-order valence-electron chi connectivity index (χ3n) is 4.36. The minimum atomic E-state index is 0.103. The van der Waals surface area contributed by atoms with Crippen LogP contribution in [0.5, 0.6) is 0 Å². The van der Waals surface area contributed by atoms with Gasteiger partial charge in [0.2, 0.25) is 0 Å². The molecule has 1 rings (SSSR count). The van der Waals surface area contributed by atoms with E-state index in [0.29, 0.717) is 12.1 Å². The van der Waals surface area contributed by atoms with Gasteiger partial charge < -0.3 is 14.8 Å². The largest absolute Gasteiger partial charge is 0.380 e. The Hall–Kier alpha value is -0.120. The SMILES string of the molecule is CCC1(CC)CC(NC(C)C(C)OC)CCO1. The Bertz CT molecular complexity index is 216. The molecule has 102 valence electrons. The fraction of sp³-hybridized carbons (Fsp3) is 1.00. The molecule has 0 aromatic heterocycles. The van der Waals surface area contributed by atoms with E-state index in [1.807, 2.05) is 0 Å². The predicted octanol–water partition coefficient (Wildman–Crippen LogP) is 2.74. The molecule has 1 N–H and O–H groups in total. The van der Waals surface area contributed by atoms with Crippen LogP contribution < -0.4 is 5.32 Å². The van der Waals surface area contributed by atoms with Crippen LogP contribution in [0.15, 0.2) is 0 Å². The third-order valence-corrected chi connectivity index (χ3v) is 4.36. The zero-order valence-corrected chi connectivity index (χ0v) is 12.1. The normalized spacial score (nSPS) is 27.7. The van der Waals surface area contributed by atoms with Crippen molar-refractivity contribution in [2.75, 3.05) is 13.7 Å². The molecule has 1 aliphatic heterocycles. The lowest BCUT2D eigenvalue weighted by atomic mass is 9.85. The number of ether oxygens (including phenoxy) is 2. The van der Waals surface area contributed by atoms with E-state index >= 15 is 0 Å². The topological polar surface area (TPSA) is 30.5 Å². The summed E-state index contributed by atoms with van der Waals surface area (Å²) in [6, 6.07) is 0.964. The second-order valence-corrected chi connectivity index (χ2v) is 5.32. The number of nitrogens with one attached hydrogen (secondary N) is 1. The van der Waals surface area contributed by atoms with E-state index in [1.54, 1.807) is 7.11 Å². The molecule has 1 fully saturated rings. The smallest absolute Gasteiger partial charge is 0.0693 e. The Labute approximate surface area is 106 Å². The summed E-state index contributed by atoms with van der Waals surface area (Å²) in [6.07, 6.45) is 4.71. The molecule has 0 saturated carbocycles. The fourth-order valence-corrected chi connectivity index (χ4v) is 2.62. The zero-order valence-electron chi connectivity index (χ0n) is 12.1. The van der Waals surface area contributed by atoms with Gasteiger partial charge in [0, 0.05) is 25.8 Å². The van der Waals surface area contributed by atoms with Crippen molar-refractivity contribution in [3.8, 4) is 0 Å². The monoisotopic (exact) mass is 243 g/mol. The minimum Gasteiger partial charge on any atom is -0.380 e. The zero-order chi connectivity index (χ0) is 12.9. The number of hydrogen-bond donors (Lipinski definition) is 1. The number of rotatable bonds is 6. The van der Waals surface area contributed by atoms with Crippen molar-refractivity contribution in [3.05, 3.63) is 0 Å². The van der Waals surface area contributed by atoms with Crippen molar-refractivity contribution in [2.24, 2.45) is 0 Å². The molecule has 0 aromatic carbocycles. The predicted molar refractivity (Wildman–Crippen MR) is 71.4 cm³/mol. The van der Waals surface area contributed by atoms with Crippen LogP contribution in [0.4, 0.5) is 0 Å². The van der Waals surface area contributed by atoms with E-state index in [2.05, 4.69) is 33.0 Å². The lowest BCUT2D eigenvalue weighted by Crippen LogP contribution is -2.51. The van der Waals surface area contributed by atoms with E-state index < -0.39 is 0 Å². The van der Waals surface area contributed by atoms with Crippen LogP contribution in [0.1, 0.15) is 53.4 Å². The minimum absolute atomic E-state index is 0.103. The summed E-state index contributed by atoms with van der Waals surface area (Å²) in [4.78, 5) is 0. The molecule has 0 bridgehead atoms. The molecular weight excluding hydrogens is 214 g/mol. The lowest BCUT2D eigenvalue weighted by molar-refractivity contribution is -0.0954. The Morgan fingerprint density at radius 3 is 2.53 bits per heavy atom. The van der Waals surface area contributed by atoms with E-state index in [4.69, 9.17) is 9.47 Å². The van der Waals surface area contributed by atoms with Gasteiger partial charge in [-0.1, -0.05) is 13.8 Å². The molecule has 0 radical (unpaired) electrons. The maximum atomic E-state index is 5.99. The lowest BCUT2D eigenvalue weighted by Gasteiger charge is -2.41. The summed E-state index contributed by atoms with van der Waals surface area (Å²) in [5, 5.41) is 3.69. The van der Waals surface area contributed by atoms with Crippen molar-refractivity contribution in [1.29, 1.82) is 0 Å². The van der Waals surface area contributed by atoms with Gasteiger partial charge in [0.25, 0.3) is 0 Å². The van der Waals surface area contributed by atoms with E-state index in [1.165, 1.54) is 0 Å². The fourth-order valence-electron chi connectivity index (χ4n) is 2.62. The van der Waals surface area contributed by atoms with Crippen LogP contribution in [0.25, 0.3) is 0 Å². The summed E-state index contributed by atoms with van der Waals surface area (Å²) >= 11 is 0. The molecule has 0 aromatic rings. The van der Waals surface area contributed by atoms with Gasteiger partial charge >= 0.3 is 0 Å². The summed E-state index contributed by atoms with van der Waals surface area (Å²) < 4.78 is 11.4. The molecule has 0 amide bonds. The van der Waals surface area contributed by atoms with Gasteiger partial charge in [0.1, 0.15) is 0 Å². The molecule has 3 nitrogen and oxygen atoms in total. The highest BCUT2D eigenvalue weighted by Gasteiger charge is 2.35. The molecule has 1 saturated heterocycles. The first-order valence-electron chi connectivity index (χ1n) is 6.99. The third kappa shape index (κ3) is 3.94. The molecule has 3 unspecified atom stereocenters. The molecule has 0 spiro atoms. The second kappa shape index (κ2) is 6.72. The van der Waals surface area contributed by atoms with Gasteiger partial charge in [0.15, 0.2) is 0 Å². The van der Waals surface area contributed by atoms with Gasteiger partial charge in [-0.2, -0.15) is 0 Å². The molecule has 0 aliphatic carbocycles. The summed E-state index contributed by atoms with van der Waals surface area (Å²) in [7, 11) is 1.77. The summed E-state index contributed by atoms with van der Waals surface area (Å²) in [5.74, 6) is 0.